The van der Waals surface area contributed by atoms with Crippen LogP contribution in [0.3, 0.4) is 0 Å². The fraction of sp³-hybridized carbons (Fsp3) is 0.167. The normalized spacial score (nSPS) is 15.0. The van der Waals surface area contributed by atoms with Crippen LogP contribution < -0.4 is 52.8 Å². The molecule has 0 nitrogen and oxygen atoms in total. The van der Waals surface area contributed by atoms with Crippen molar-refractivity contribution in [3.63, 3.8) is 0 Å². The summed E-state index contributed by atoms with van der Waals surface area (Å²) in [5.41, 5.74) is 15.8. The molecule has 0 aromatic heterocycles. The summed E-state index contributed by atoms with van der Waals surface area (Å²) in [7, 11) is -3.08. The molecule has 1 aliphatic carbocycles. The Morgan fingerprint density at radius 2 is 0.717 bits per heavy atom. The minimum absolute atomic E-state index is 0. The van der Waals surface area contributed by atoms with Gasteiger partial charge in [-0.25, -0.2) is 5.57 Å². The van der Waals surface area contributed by atoms with Crippen LogP contribution in [0, 0.1) is 26.8 Å². The van der Waals surface area contributed by atoms with Crippen LogP contribution in [0.2, 0.25) is 5.04 Å². The second kappa shape index (κ2) is 17.8. The number of allylic oxidation sites excluding steroid dienone is 4. The van der Waals surface area contributed by atoms with Crippen LogP contribution in [-0.4, -0.2) is 8.07 Å². The van der Waals surface area contributed by atoms with E-state index >= 15 is 0 Å². The second-order valence-electron chi connectivity index (χ2n) is 13.9. The van der Waals surface area contributed by atoms with Gasteiger partial charge in [-0.3, -0.25) is 6.08 Å². The Bertz CT molecular complexity index is 2030. The molecule has 0 N–H and O–H groups in total. The Kier molecular flexibility index (Phi) is 14.8. The molecule has 0 radical (unpaired) electrons. The smallest absolute Gasteiger partial charge is 1.00 e. The van der Waals surface area contributed by atoms with Crippen molar-refractivity contribution in [3.8, 4) is 33.4 Å². The SMILES string of the molecule is CC1=[C-]C(C)([Si](c2cccc(-c3ccccc3)c2C)(c2cccc(-c3ccccc3)c2C)c2cccc(-c3ccccc3)c2C)C(C)=C1C.[Cl-].[Cl-].[Cl-].[Ti+4]. The first-order chi connectivity index (χ1) is 23.7. The van der Waals surface area contributed by atoms with Crippen molar-refractivity contribution in [3.05, 3.63) is 185 Å². The van der Waals surface area contributed by atoms with E-state index in [4.69, 9.17) is 0 Å². The third kappa shape index (κ3) is 7.26. The largest absolute Gasteiger partial charge is 4.00 e. The van der Waals surface area contributed by atoms with Crippen LogP contribution in [0.1, 0.15) is 44.4 Å². The van der Waals surface area contributed by atoms with Gasteiger partial charge in [0.2, 0.25) is 0 Å². The molecule has 0 saturated heterocycles. The molecule has 7 rings (SSSR count). The minimum Gasteiger partial charge on any atom is -1.00 e. The molecule has 6 aromatic rings. The topological polar surface area (TPSA) is 0 Å². The maximum Gasteiger partial charge on any atom is 4.00 e. The zero-order valence-corrected chi connectivity index (χ0v) is 36.3. The van der Waals surface area contributed by atoms with Crippen LogP contribution in [0.5, 0.6) is 0 Å². The molecule has 0 spiro atoms. The van der Waals surface area contributed by atoms with Crippen LogP contribution in [0.15, 0.2) is 162 Å². The average Bonchev–Trinajstić information content (AvgIpc) is 3.33. The molecular weight excluding hydrogens is 759 g/mol. The summed E-state index contributed by atoms with van der Waals surface area (Å²) in [5, 5.41) is 3.99. The molecule has 0 fully saturated rings. The van der Waals surface area contributed by atoms with Gasteiger partial charge in [-0.05, 0) is 86.4 Å². The number of rotatable bonds is 7. The summed E-state index contributed by atoms with van der Waals surface area (Å²) < 4.78 is 0. The fourth-order valence-electron chi connectivity index (χ4n) is 8.75. The van der Waals surface area contributed by atoms with Crippen molar-refractivity contribution in [1.29, 1.82) is 0 Å². The first-order valence-corrected chi connectivity index (χ1v) is 19.5. The Morgan fingerprint density at radius 1 is 0.415 bits per heavy atom. The first kappa shape index (κ1) is 44.0. The van der Waals surface area contributed by atoms with Gasteiger partial charge >= 0.3 is 21.7 Å². The molecule has 5 heteroatoms. The minimum atomic E-state index is -3.08. The summed E-state index contributed by atoms with van der Waals surface area (Å²) in [6, 6.07) is 54.0. The fourth-order valence-corrected chi connectivity index (χ4v) is 15.5. The zero-order valence-electron chi connectivity index (χ0n) is 31.5. The number of halogens is 3. The predicted octanol–water partition coefficient (Wildman–Crippen LogP) is 1.95. The number of hydrogen-bond donors (Lipinski definition) is 0. The Labute approximate surface area is 352 Å². The molecule has 0 aliphatic heterocycles. The summed E-state index contributed by atoms with van der Waals surface area (Å²) in [6.07, 6.45) is 4.23. The molecule has 1 unspecified atom stereocenters. The van der Waals surface area contributed by atoms with Gasteiger partial charge in [-0.2, -0.15) is 11.1 Å². The van der Waals surface area contributed by atoms with Gasteiger partial charge in [0.15, 0.2) is 0 Å². The molecule has 0 amide bonds. The van der Waals surface area contributed by atoms with Crippen molar-refractivity contribution < 1.29 is 58.9 Å². The van der Waals surface area contributed by atoms with E-state index in [2.05, 4.69) is 200 Å². The van der Waals surface area contributed by atoms with Crippen LogP contribution in [0.25, 0.3) is 33.4 Å². The van der Waals surface area contributed by atoms with E-state index in [1.54, 1.807) is 0 Å². The van der Waals surface area contributed by atoms with Crippen molar-refractivity contribution in [2.24, 2.45) is 0 Å². The Balaban J connectivity index is 0.00000189. The number of benzene rings is 6. The van der Waals surface area contributed by atoms with E-state index in [0.717, 1.165) is 0 Å². The van der Waals surface area contributed by atoms with E-state index in [1.165, 1.54) is 82.4 Å². The summed E-state index contributed by atoms with van der Waals surface area (Å²) in [4.78, 5) is 0. The molecule has 6 aromatic carbocycles. The Hall–Kier alpha value is -3.40. The van der Waals surface area contributed by atoms with Gasteiger partial charge in [0.25, 0.3) is 0 Å². The molecule has 0 heterocycles. The average molecular weight is 804 g/mol. The summed E-state index contributed by atoms with van der Waals surface area (Å²) >= 11 is 0. The molecule has 1 atom stereocenters. The van der Waals surface area contributed by atoms with E-state index in [9.17, 15) is 0 Å². The third-order valence-corrected chi connectivity index (χ3v) is 17.6. The van der Waals surface area contributed by atoms with Crippen LogP contribution >= 0.6 is 0 Å². The Morgan fingerprint density at radius 3 is 0.981 bits per heavy atom. The predicted molar refractivity (Wildman–Crippen MR) is 214 cm³/mol. The van der Waals surface area contributed by atoms with Gasteiger partial charge in [-0.15, -0.1) is 6.92 Å². The maximum absolute atomic E-state index is 4.23. The molecule has 0 saturated carbocycles. The van der Waals surface area contributed by atoms with Crippen molar-refractivity contribution >= 4 is 23.6 Å². The van der Waals surface area contributed by atoms with Crippen molar-refractivity contribution in [2.75, 3.05) is 0 Å². The quantitative estimate of drug-likeness (QED) is 0.132. The maximum atomic E-state index is 4.23. The summed E-state index contributed by atoms with van der Waals surface area (Å²) in [5.74, 6) is 0. The van der Waals surface area contributed by atoms with Gasteiger partial charge in [0, 0.05) is 0 Å². The van der Waals surface area contributed by atoms with E-state index in [-0.39, 0.29) is 64.0 Å². The van der Waals surface area contributed by atoms with Gasteiger partial charge < -0.3 is 37.2 Å². The van der Waals surface area contributed by atoms with Crippen molar-refractivity contribution in [1.82, 2.24) is 0 Å². The van der Waals surface area contributed by atoms with Crippen LogP contribution in [0.4, 0.5) is 0 Å². The standard InChI is InChI=1S/C48H45Si.3ClH.Ti/c1-33-32-48(7,38(6)34(33)2)49(45-29-17-26-42(35(45)3)39-20-11-8-12-21-39,46-30-18-27-43(36(46)4)40-22-13-9-14-23-40)47-31-19-28-44(37(47)5)41-24-15-10-16-25-41;;;;/h8-31H,1-7H3;3*1H;/q-1;;;;+4/p-3. The van der Waals surface area contributed by atoms with E-state index in [1.807, 2.05) is 0 Å². The first-order valence-electron chi connectivity index (χ1n) is 17.5. The van der Waals surface area contributed by atoms with Gasteiger partial charge in [0.1, 0.15) is 8.07 Å². The van der Waals surface area contributed by atoms with Gasteiger partial charge in [0.05, 0.1) is 0 Å². The molecule has 0 bridgehead atoms. The van der Waals surface area contributed by atoms with E-state index < -0.39 is 8.07 Å². The molecule has 53 heavy (non-hydrogen) atoms. The van der Waals surface area contributed by atoms with Crippen molar-refractivity contribution in [2.45, 2.75) is 53.5 Å². The van der Waals surface area contributed by atoms with Gasteiger partial charge in [-0.1, -0.05) is 171 Å². The summed E-state index contributed by atoms with van der Waals surface area (Å²) in [6.45, 7) is 16.6. The number of hydrogen-bond acceptors (Lipinski definition) is 0. The monoisotopic (exact) mass is 802 g/mol. The second-order valence-corrected chi connectivity index (χ2v) is 18.0. The van der Waals surface area contributed by atoms with Crippen LogP contribution in [-0.2, 0) is 21.7 Å². The molecule has 266 valence electrons. The zero-order chi connectivity index (χ0) is 34.3. The molecule has 1 aliphatic rings. The van der Waals surface area contributed by atoms with E-state index in [0.29, 0.717) is 0 Å². The third-order valence-electron chi connectivity index (χ3n) is 11.5. The molecular formula is C48H45Cl3SiTi.